The van der Waals surface area contributed by atoms with E-state index in [1.165, 1.54) is 12.0 Å². The number of para-hydroxylation sites is 1. The highest BCUT2D eigenvalue weighted by Crippen LogP contribution is 2.24. The van der Waals surface area contributed by atoms with E-state index in [0.717, 1.165) is 29.7 Å². The van der Waals surface area contributed by atoms with E-state index in [1.54, 1.807) is 0 Å². The molecule has 0 aromatic heterocycles. The lowest BCUT2D eigenvalue weighted by molar-refractivity contribution is -0.120. The number of hydrogen-bond donors (Lipinski definition) is 1. The third-order valence-electron chi connectivity index (χ3n) is 3.95. The molecule has 1 N–H and O–H groups in total. The van der Waals surface area contributed by atoms with Crippen LogP contribution in [0.25, 0.3) is 0 Å². The molecular formula is C16H22N2O3. The maximum atomic E-state index is 12.5. The summed E-state index contributed by atoms with van der Waals surface area (Å²) in [5, 5.41) is 2.99. The first-order valence-electron chi connectivity index (χ1n) is 7.32. The van der Waals surface area contributed by atoms with Crippen molar-refractivity contribution in [2.75, 3.05) is 19.0 Å². The summed E-state index contributed by atoms with van der Waals surface area (Å²) in [6, 6.07) is 5.53. The third kappa shape index (κ3) is 3.17. The second-order valence-electron chi connectivity index (χ2n) is 5.27. The fraction of sp³-hybridized carbons (Fsp3) is 0.500. The fourth-order valence-corrected chi connectivity index (χ4v) is 2.78. The topological polar surface area (TPSA) is 58.6 Å². The minimum Gasteiger partial charge on any atom is -0.453 e. The van der Waals surface area contributed by atoms with Gasteiger partial charge >= 0.3 is 6.09 Å². The van der Waals surface area contributed by atoms with E-state index in [4.69, 9.17) is 4.74 Å². The summed E-state index contributed by atoms with van der Waals surface area (Å²) in [6.07, 6.45) is 1.91. The normalized spacial score (nSPS) is 17.7. The van der Waals surface area contributed by atoms with Crippen LogP contribution in [-0.2, 0) is 16.0 Å². The van der Waals surface area contributed by atoms with Crippen molar-refractivity contribution in [3.8, 4) is 0 Å². The summed E-state index contributed by atoms with van der Waals surface area (Å²) >= 11 is 0. The minimum atomic E-state index is -0.443. The molecule has 1 saturated heterocycles. The van der Waals surface area contributed by atoms with E-state index in [-0.39, 0.29) is 5.91 Å². The van der Waals surface area contributed by atoms with E-state index in [0.29, 0.717) is 13.0 Å². The van der Waals surface area contributed by atoms with Crippen molar-refractivity contribution in [2.45, 2.75) is 39.2 Å². The van der Waals surface area contributed by atoms with Crippen LogP contribution in [0.4, 0.5) is 10.5 Å². The molecule has 1 aliphatic rings. The number of carbonyl (C=O) groups is 2. The molecule has 5 nitrogen and oxygen atoms in total. The van der Waals surface area contributed by atoms with Gasteiger partial charge in [0.1, 0.15) is 6.04 Å². The Morgan fingerprint density at radius 2 is 2.19 bits per heavy atom. The monoisotopic (exact) mass is 290 g/mol. The smallest absolute Gasteiger partial charge is 0.410 e. The van der Waals surface area contributed by atoms with Gasteiger partial charge in [-0.15, -0.1) is 0 Å². The first kappa shape index (κ1) is 15.4. The average Bonchev–Trinajstić information content (AvgIpc) is 2.98. The van der Waals surface area contributed by atoms with Crippen LogP contribution in [0.3, 0.4) is 0 Å². The van der Waals surface area contributed by atoms with Crippen molar-refractivity contribution in [3.05, 3.63) is 29.3 Å². The van der Waals surface area contributed by atoms with Crippen LogP contribution in [0, 0.1) is 6.92 Å². The number of ether oxygens (including phenoxy) is 1. The van der Waals surface area contributed by atoms with Crippen LogP contribution < -0.4 is 5.32 Å². The molecule has 1 aromatic rings. The molecule has 0 radical (unpaired) electrons. The summed E-state index contributed by atoms with van der Waals surface area (Å²) < 4.78 is 4.74. The summed E-state index contributed by atoms with van der Waals surface area (Å²) in [4.78, 5) is 25.7. The lowest BCUT2D eigenvalue weighted by Crippen LogP contribution is -2.43. The quantitative estimate of drug-likeness (QED) is 0.931. The first-order chi connectivity index (χ1) is 10.1. The van der Waals surface area contributed by atoms with Gasteiger partial charge in [0, 0.05) is 12.2 Å². The van der Waals surface area contributed by atoms with Gasteiger partial charge in [-0.2, -0.15) is 0 Å². The van der Waals surface area contributed by atoms with E-state index in [1.807, 2.05) is 25.1 Å². The number of nitrogens with one attached hydrogen (secondary N) is 1. The van der Waals surface area contributed by atoms with Crippen molar-refractivity contribution < 1.29 is 14.3 Å². The van der Waals surface area contributed by atoms with Gasteiger partial charge in [-0.05, 0) is 37.3 Å². The van der Waals surface area contributed by atoms with Gasteiger partial charge in [0.25, 0.3) is 0 Å². The van der Waals surface area contributed by atoms with Gasteiger partial charge in [0.05, 0.1) is 7.11 Å². The lowest BCUT2D eigenvalue weighted by atomic mass is 10.1. The van der Waals surface area contributed by atoms with Crippen LogP contribution in [0.2, 0.25) is 0 Å². The van der Waals surface area contributed by atoms with Gasteiger partial charge in [-0.25, -0.2) is 4.79 Å². The first-order valence-corrected chi connectivity index (χ1v) is 7.32. The molecule has 0 aliphatic carbocycles. The number of nitrogens with zero attached hydrogens (tertiary/aromatic N) is 1. The Bertz CT molecular complexity index is 542. The minimum absolute atomic E-state index is 0.137. The molecule has 114 valence electrons. The Kier molecular flexibility index (Phi) is 4.83. The highest BCUT2D eigenvalue weighted by Gasteiger charge is 2.35. The van der Waals surface area contributed by atoms with Crippen LogP contribution in [0.1, 0.15) is 30.9 Å². The van der Waals surface area contributed by atoms with Crippen LogP contribution in [0.15, 0.2) is 18.2 Å². The Labute approximate surface area is 125 Å². The molecule has 1 aliphatic heterocycles. The summed E-state index contributed by atoms with van der Waals surface area (Å²) in [5.41, 5.74) is 3.00. The standard InChI is InChI=1S/C16H22N2O3/c1-4-12-8-5-7-11(2)14(12)17-15(19)13-9-6-10-18(13)16(20)21-3/h5,7-8,13H,4,6,9-10H2,1-3H3,(H,17,19). The SMILES string of the molecule is CCc1cccc(C)c1NC(=O)C1CCCN1C(=O)OC. The third-order valence-corrected chi connectivity index (χ3v) is 3.95. The number of amides is 2. The predicted molar refractivity (Wildman–Crippen MR) is 81.3 cm³/mol. The number of methoxy groups -OCH3 is 1. The zero-order chi connectivity index (χ0) is 15.4. The largest absolute Gasteiger partial charge is 0.453 e. The molecule has 2 amide bonds. The van der Waals surface area contributed by atoms with E-state index in [9.17, 15) is 9.59 Å². The van der Waals surface area contributed by atoms with Gasteiger partial charge in [0.15, 0.2) is 0 Å². The molecule has 1 fully saturated rings. The molecule has 21 heavy (non-hydrogen) atoms. The summed E-state index contributed by atoms with van der Waals surface area (Å²) in [5.74, 6) is -0.137. The molecule has 0 spiro atoms. The predicted octanol–water partition coefficient (Wildman–Crippen LogP) is 2.73. The zero-order valence-electron chi connectivity index (χ0n) is 12.8. The molecule has 1 atom stereocenters. The van der Waals surface area contributed by atoms with Crippen LogP contribution in [0.5, 0.6) is 0 Å². The molecule has 2 rings (SSSR count). The average molecular weight is 290 g/mol. The Morgan fingerprint density at radius 1 is 1.43 bits per heavy atom. The maximum Gasteiger partial charge on any atom is 0.410 e. The van der Waals surface area contributed by atoms with Gasteiger partial charge in [-0.1, -0.05) is 25.1 Å². The van der Waals surface area contributed by atoms with Crippen molar-refractivity contribution in [1.82, 2.24) is 4.90 Å². The number of aryl methyl sites for hydroxylation is 2. The molecular weight excluding hydrogens is 268 g/mol. The summed E-state index contributed by atoms with van der Waals surface area (Å²) in [7, 11) is 1.34. The summed E-state index contributed by atoms with van der Waals surface area (Å²) in [6.45, 7) is 4.60. The number of rotatable bonds is 3. The number of carbonyl (C=O) groups excluding carboxylic acids is 2. The molecule has 5 heteroatoms. The molecule has 0 saturated carbocycles. The number of hydrogen-bond acceptors (Lipinski definition) is 3. The molecule has 0 bridgehead atoms. The number of benzene rings is 1. The van der Waals surface area contributed by atoms with Crippen molar-refractivity contribution >= 4 is 17.7 Å². The van der Waals surface area contributed by atoms with E-state index in [2.05, 4.69) is 12.2 Å². The second kappa shape index (κ2) is 6.61. The van der Waals surface area contributed by atoms with Crippen LogP contribution >= 0.6 is 0 Å². The number of likely N-dealkylation sites (tertiary alicyclic amines) is 1. The van der Waals surface area contributed by atoms with Gasteiger partial charge < -0.3 is 10.1 Å². The Hall–Kier alpha value is -2.04. The van der Waals surface area contributed by atoms with Crippen LogP contribution in [-0.4, -0.2) is 36.6 Å². The Morgan fingerprint density at radius 3 is 2.86 bits per heavy atom. The highest BCUT2D eigenvalue weighted by molar-refractivity contribution is 5.98. The molecule has 1 aromatic carbocycles. The Balaban J connectivity index is 2.16. The van der Waals surface area contributed by atoms with Crippen molar-refractivity contribution in [3.63, 3.8) is 0 Å². The molecule has 1 heterocycles. The van der Waals surface area contributed by atoms with E-state index >= 15 is 0 Å². The second-order valence-corrected chi connectivity index (χ2v) is 5.27. The molecule has 1 unspecified atom stereocenters. The lowest BCUT2D eigenvalue weighted by Gasteiger charge is -2.23. The zero-order valence-corrected chi connectivity index (χ0v) is 12.8. The van der Waals surface area contributed by atoms with Crippen molar-refractivity contribution in [1.29, 1.82) is 0 Å². The fourth-order valence-electron chi connectivity index (χ4n) is 2.78. The highest BCUT2D eigenvalue weighted by atomic mass is 16.5. The maximum absolute atomic E-state index is 12.5. The van der Waals surface area contributed by atoms with Gasteiger partial charge in [-0.3, -0.25) is 9.69 Å². The van der Waals surface area contributed by atoms with Crippen molar-refractivity contribution in [2.24, 2.45) is 0 Å². The van der Waals surface area contributed by atoms with E-state index < -0.39 is 12.1 Å². The number of anilines is 1. The van der Waals surface area contributed by atoms with Gasteiger partial charge in [0.2, 0.25) is 5.91 Å².